The van der Waals surface area contributed by atoms with Crippen LogP contribution in [-0.4, -0.2) is 62.8 Å². The van der Waals surface area contributed by atoms with E-state index in [1.807, 2.05) is 7.05 Å². The van der Waals surface area contributed by atoms with Gasteiger partial charge in [-0.25, -0.2) is 0 Å². The highest BCUT2D eigenvalue weighted by Gasteiger charge is 2.33. The Hall–Kier alpha value is -0.650. The smallest absolute Gasteiger partial charge is 0.227 e. The molecule has 0 radical (unpaired) electrons. The Bertz CT molecular complexity index is 282. The van der Waals surface area contributed by atoms with Gasteiger partial charge in [0.1, 0.15) is 0 Å². The molecule has 0 bridgehead atoms. The van der Waals surface area contributed by atoms with Crippen LogP contribution in [0, 0.1) is 5.92 Å². The third-order valence-electron chi connectivity index (χ3n) is 4.18. The van der Waals surface area contributed by atoms with Crippen LogP contribution in [0.4, 0.5) is 0 Å². The van der Waals surface area contributed by atoms with E-state index < -0.39 is 0 Å². The molecule has 0 aromatic carbocycles. The van der Waals surface area contributed by atoms with Crippen LogP contribution in [0.2, 0.25) is 0 Å². The zero-order valence-electron chi connectivity index (χ0n) is 13.4. The first-order chi connectivity index (χ1) is 9.62. The van der Waals surface area contributed by atoms with Crippen molar-refractivity contribution in [1.82, 2.24) is 15.5 Å². The molecule has 118 valence electrons. The minimum atomic E-state index is -0.0507. The number of hydrogen-bond acceptors (Lipinski definition) is 4. The van der Waals surface area contributed by atoms with Crippen LogP contribution in [0.3, 0.4) is 0 Å². The highest BCUT2D eigenvalue weighted by molar-refractivity contribution is 5.80. The molecule has 1 heterocycles. The maximum Gasteiger partial charge on any atom is 0.227 e. The lowest BCUT2D eigenvalue weighted by molar-refractivity contribution is -0.126. The van der Waals surface area contributed by atoms with Gasteiger partial charge in [-0.1, -0.05) is 13.8 Å². The van der Waals surface area contributed by atoms with Crippen molar-refractivity contribution in [2.45, 2.75) is 45.7 Å². The van der Waals surface area contributed by atoms with Crippen LogP contribution in [0.1, 0.15) is 33.6 Å². The first-order valence-corrected chi connectivity index (χ1v) is 7.90. The SMILES string of the molecule is CCN(CC)CCCC(C)NC(=O)C1COCC1NC. The van der Waals surface area contributed by atoms with Gasteiger partial charge < -0.3 is 20.3 Å². The molecule has 3 atom stereocenters. The summed E-state index contributed by atoms with van der Waals surface area (Å²) < 4.78 is 5.38. The van der Waals surface area contributed by atoms with E-state index in [0.29, 0.717) is 13.2 Å². The third kappa shape index (κ3) is 5.38. The number of carbonyl (C=O) groups is 1. The summed E-state index contributed by atoms with van der Waals surface area (Å²) in [6, 6.07) is 0.383. The Balaban J connectivity index is 2.24. The summed E-state index contributed by atoms with van der Waals surface area (Å²) in [5, 5.41) is 6.27. The maximum atomic E-state index is 12.2. The third-order valence-corrected chi connectivity index (χ3v) is 4.18. The first-order valence-electron chi connectivity index (χ1n) is 7.90. The van der Waals surface area contributed by atoms with E-state index in [-0.39, 0.29) is 23.9 Å². The zero-order valence-corrected chi connectivity index (χ0v) is 13.4. The van der Waals surface area contributed by atoms with Gasteiger partial charge in [0.2, 0.25) is 5.91 Å². The highest BCUT2D eigenvalue weighted by Crippen LogP contribution is 2.14. The molecule has 0 saturated carbocycles. The van der Waals surface area contributed by atoms with Crippen LogP contribution in [0.15, 0.2) is 0 Å². The van der Waals surface area contributed by atoms with Crippen molar-refractivity contribution in [1.29, 1.82) is 0 Å². The standard InChI is InChI=1S/C15H31N3O2/c1-5-18(6-2)9-7-8-12(3)17-15(19)13-10-20-11-14(13)16-4/h12-14,16H,5-11H2,1-4H3,(H,17,19). The average molecular weight is 285 g/mol. The highest BCUT2D eigenvalue weighted by atomic mass is 16.5. The van der Waals surface area contributed by atoms with Crippen molar-refractivity contribution in [3.05, 3.63) is 0 Å². The second-order valence-corrected chi connectivity index (χ2v) is 5.62. The molecule has 5 heteroatoms. The second kappa shape index (κ2) is 9.32. The topological polar surface area (TPSA) is 53.6 Å². The summed E-state index contributed by atoms with van der Waals surface area (Å²) in [5.41, 5.74) is 0. The largest absolute Gasteiger partial charge is 0.379 e. The predicted octanol–water partition coefficient (Wildman–Crippen LogP) is 0.848. The van der Waals surface area contributed by atoms with Crippen molar-refractivity contribution in [2.24, 2.45) is 5.92 Å². The van der Waals surface area contributed by atoms with E-state index in [1.54, 1.807) is 0 Å². The molecular formula is C15H31N3O2. The van der Waals surface area contributed by atoms with Gasteiger partial charge in [0, 0.05) is 12.1 Å². The van der Waals surface area contributed by atoms with Gasteiger partial charge in [-0.3, -0.25) is 4.79 Å². The van der Waals surface area contributed by atoms with Gasteiger partial charge in [0.25, 0.3) is 0 Å². The van der Waals surface area contributed by atoms with Gasteiger partial charge in [0.15, 0.2) is 0 Å². The van der Waals surface area contributed by atoms with Crippen molar-refractivity contribution in [3.63, 3.8) is 0 Å². The van der Waals surface area contributed by atoms with Gasteiger partial charge in [-0.2, -0.15) is 0 Å². The Morgan fingerprint density at radius 2 is 2.05 bits per heavy atom. The van der Waals surface area contributed by atoms with Crippen molar-refractivity contribution < 1.29 is 9.53 Å². The van der Waals surface area contributed by atoms with Crippen LogP contribution < -0.4 is 10.6 Å². The fraction of sp³-hybridized carbons (Fsp3) is 0.933. The molecule has 1 aliphatic rings. The zero-order chi connectivity index (χ0) is 15.0. The fourth-order valence-corrected chi connectivity index (χ4v) is 2.68. The molecule has 2 N–H and O–H groups in total. The van der Waals surface area contributed by atoms with E-state index in [2.05, 4.69) is 36.3 Å². The van der Waals surface area contributed by atoms with Crippen LogP contribution in [-0.2, 0) is 9.53 Å². The fourth-order valence-electron chi connectivity index (χ4n) is 2.68. The number of likely N-dealkylation sites (N-methyl/N-ethyl adjacent to an activating group) is 1. The lowest BCUT2D eigenvalue weighted by Crippen LogP contribution is -2.45. The predicted molar refractivity (Wildman–Crippen MR) is 81.8 cm³/mol. The number of nitrogens with one attached hydrogen (secondary N) is 2. The van der Waals surface area contributed by atoms with Crippen LogP contribution in [0.5, 0.6) is 0 Å². The molecule has 3 unspecified atom stereocenters. The molecule has 0 spiro atoms. The van der Waals surface area contributed by atoms with E-state index >= 15 is 0 Å². The Morgan fingerprint density at radius 1 is 1.35 bits per heavy atom. The van der Waals surface area contributed by atoms with Crippen LogP contribution in [0.25, 0.3) is 0 Å². The number of amides is 1. The number of rotatable bonds is 9. The Morgan fingerprint density at radius 3 is 2.65 bits per heavy atom. The molecule has 5 nitrogen and oxygen atoms in total. The summed E-state index contributed by atoms with van der Waals surface area (Å²) in [6.45, 7) is 10.9. The van der Waals surface area contributed by atoms with E-state index in [9.17, 15) is 4.79 Å². The normalized spacial score (nSPS) is 24.1. The van der Waals surface area contributed by atoms with Gasteiger partial charge in [0.05, 0.1) is 19.1 Å². The van der Waals surface area contributed by atoms with Crippen molar-refractivity contribution >= 4 is 5.91 Å². The molecule has 0 aromatic rings. The lowest BCUT2D eigenvalue weighted by Gasteiger charge is -2.22. The summed E-state index contributed by atoms with van der Waals surface area (Å²) in [5.74, 6) is 0.0717. The minimum absolute atomic E-state index is 0.0507. The molecule has 1 fully saturated rings. The minimum Gasteiger partial charge on any atom is -0.379 e. The molecule has 1 saturated heterocycles. The van der Waals surface area contributed by atoms with E-state index in [0.717, 1.165) is 32.5 Å². The number of ether oxygens (including phenoxy) is 1. The van der Waals surface area contributed by atoms with Crippen molar-refractivity contribution in [3.8, 4) is 0 Å². The van der Waals surface area contributed by atoms with Gasteiger partial charge in [-0.05, 0) is 46.4 Å². The Labute approximate surface area is 123 Å². The Kier molecular flexibility index (Phi) is 8.11. The van der Waals surface area contributed by atoms with Crippen LogP contribution >= 0.6 is 0 Å². The van der Waals surface area contributed by atoms with E-state index in [1.165, 1.54) is 0 Å². The average Bonchev–Trinajstić information content (AvgIpc) is 2.92. The first kappa shape index (κ1) is 17.4. The van der Waals surface area contributed by atoms with Gasteiger partial charge in [-0.15, -0.1) is 0 Å². The number of nitrogens with zero attached hydrogens (tertiary/aromatic N) is 1. The van der Waals surface area contributed by atoms with Crippen molar-refractivity contribution in [2.75, 3.05) is 39.9 Å². The number of carbonyl (C=O) groups excluding carboxylic acids is 1. The summed E-state index contributed by atoms with van der Waals surface area (Å²) in [7, 11) is 1.88. The quantitative estimate of drug-likeness (QED) is 0.659. The monoisotopic (exact) mass is 285 g/mol. The summed E-state index contributed by atoms with van der Waals surface area (Å²) in [6.07, 6.45) is 2.15. The molecule has 0 aliphatic carbocycles. The number of hydrogen-bond donors (Lipinski definition) is 2. The van der Waals surface area contributed by atoms with Gasteiger partial charge >= 0.3 is 0 Å². The molecule has 20 heavy (non-hydrogen) atoms. The lowest BCUT2D eigenvalue weighted by atomic mass is 10.0. The van der Waals surface area contributed by atoms with E-state index in [4.69, 9.17) is 4.74 Å². The molecule has 1 rings (SSSR count). The summed E-state index contributed by atoms with van der Waals surface area (Å²) >= 11 is 0. The second-order valence-electron chi connectivity index (χ2n) is 5.62. The summed E-state index contributed by atoms with van der Waals surface area (Å²) in [4.78, 5) is 14.6. The molecule has 1 amide bonds. The molecule has 1 aliphatic heterocycles. The molecule has 0 aromatic heterocycles. The maximum absolute atomic E-state index is 12.2. The molecular weight excluding hydrogens is 254 g/mol.